The maximum atomic E-state index is 11.9. The summed E-state index contributed by atoms with van der Waals surface area (Å²) in [6, 6.07) is 6.71. The van der Waals surface area contributed by atoms with Crippen molar-refractivity contribution in [1.29, 1.82) is 0 Å². The van der Waals surface area contributed by atoms with Crippen molar-refractivity contribution in [3.63, 3.8) is 0 Å². The summed E-state index contributed by atoms with van der Waals surface area (Å²) in [5, 5.41) is 16.7. The maximum Gasteiger partial charge on any atom is 0.406 e. The van der Waals surface area contributed by atoms with Gasteiger partial charge in [-0.25, -0.2) is 0 Å². The Morgan fingerprint density at radius 2 is 2.14 bits per heavy atom. The number of nitro groups is 1. The zero-order chi connectivity index (χ0) is 16.1. The second-order valence-electron chi connectivity index (χ2n) is 4.45. The van der Waals surface area contributed by atoms with Gasteiger partial charge >= 0.3 is 5.82 Å². The molecule has 0 radical (unpaired) electrons. The highest BCUT2D eigenvalue weighted by atomic mass is 35.5. The standard InChI is InChI=1S/C13H14ClN5O3/c1-18-8-17-12(19(21)22)11(18)15-6-7-16-13(20)9-4-2-3-5-10(9)14/h2-5,8,15H,6-7H2,1H3,(H,16,20). The second kappa shape index (κ2) is 6.90. The molecule has 116 valence electrons. The molecular formula is C13H14ClN5O3. The molecule has 0 aliphatic rings. The van der Waals surface area contributed by atoms with Gasteiger partial charge in [-0.3, -0.25) is 9.36 Å². The lowest BCUT2D eigenvalue weighted by molar-refractivity contribution is -0.388. The molecule has 0 spiro atoms. The van der Waals surface area contributed by atoms with Gasteiger partial charge in [-0.15, -0.1) is 0 Å². The number of aryl methyl sites for hydroxylation is 1. The average molecular weight is 324 g/mol. The molecule has 0 saturated carbocycles. The molecule has 9 heteroatoms. The lowest BCUT2D eigenvalue weighted by Crippen LogP contribution is -2.29. The van der Waals surface area contributed by atoms with Crippen LogP contribution in [0.25, 0.3) is 0 Å². The van der Waals surface area contributed by atoms with E-state index in [9.17, 15) is 14.9 Å². The number of nitrogens with zero attached hydrogens (tertiary/aromatic N) is 3. The number of carbonyl (C=O) groups excluding carboxylic acids is 1. The Hall–Kier alpha value is -2.61. The minimum atomic E-state index is -0.565. The summed E-state index contributed by atoms with van der Waals surface area (Å²) >= 11 is 5.93. The Balaban J connectivity index is 1.88. The van der Waals surface area contributed by atoms with Crippen molar-refractivity contribution >= 4 is 29.1 Å². The van der Waals surface area contributed by atoms with E-state index in [1.165, 1.54) is 10.9 Å². The molecule has 0 fully saturated rings. The monoisotopic (exact) mass is 323 g/mol. The summed E-state index contributed by atoms with van der Waals surface area (Å²) < 4.78 is 1.51. The van der Waals surface area contributed by atoms with E-state index >= 15 is 0 Å². The van der Waals surface area contributed by atoms with Crippen LogP contribution in [-0.4, -0.2) is 33.5 Å². The van der Waals surface area contributed by atoms with Gasteiger partial charge < -0.3 is 20.7 Å². The van der Waals surface area contributed by atoms with E-state index in [0.29, 0.717) is 17.1 Å². The van der Waals surface area contributed by atoms with Crippen LogP contribution in [0.3, 0.4) is 0 Å². The van der Waals surface area contributed by atoms with Crippen molar-refractivity contribution in [2.75, 3.05) is 18.4 Å². The summed E-state index contributed by atoms with van der Waals surface area (Å²) in [6.07, 6.45) is 1.35. The molecule has 2 aromatic rings. The summed E-state index contributed by atoms with van der Waals surface area (Å²) in [7, 11) is 1.64. The number of rotatable bonds is 6. The number of imidazole rings is 1. The van der Waals surface area contributed by atoms with Crippen LogP contribution in [0, 0.1) is 10.1 Å². The van der Waals surface area contributed by atoms with Gasteiger partial charge in [-0.05, 0) is 22.0 Å². The molecular weight excluding hydrogens is 310 g/mol. The molecule has 0 saturated heterocycles. The number of carbonyl (C=O) groups is 1. The van der Waals surface area contributed by atoms with Crippen LogP contribution in [0.5, 0.6) is 0 Å². The summed E-state index contributed by atoms with van der Waals surface area (Å²) in [5.74, 6) is -0.260. The maximum absolute atomic E-state index is 11.9. The predicted molar refractivity (Wildman–Crippen MR) is 82.1 cm³/mol. The lowest BCUT2D eigenvalue weighted by atomic mass is 10.2. The van der Waals surface area contributed by atoms with Crippen LogP contribution >= 0.6 is 11.6 Å². The van der Waals surface area contributed by atoms with E-state index in [-0.39, 0.29) is 24.1 Å². The molecule has 1 amide bonds. The molecule has 1 heterocycles. The number of nitrogens with one attached hydrogen (secondary N) is 2. The largest absolute Gasteiger partial charge is 0.406 e. The fraction of sp³-hybridized carbons (Fsp3) is 0.231. The molecule has 2 rings (SSSR count). The van der Waals surface area contributed by atoms with Gasteiger partial charge in [0.2, 0.25) is 12.1 Å². The Labute approximate surface area is 131 Å². The van der Waals surface area contributed by atoms with Gasteiger partial charge in [0.05, 0.1) is 10.6 Å². The SMILES string of the molecule is Cn1cnc([N+](=O)[O-])c1NCCNC(=O)c1ccccc1Cl. The average Bonchev–Trinajstić information content (AvgIpc) is 2.85. The van der Waals surface area contributed by atoms with Crippen molar-refractivity contribution < 1.29 is 9.72 Å². The topological polar surface area (TPSA) is 102 Å². The van der Waals surface area contributed by atoms with Crippen molar-refractivity contribution in [3.05, 3.63) is 51.3 Å². The Kier molecular flexibility index (Phi) is 4.95. The third kappa shape index (κ3) is 3.53. The van der Waals surface area contributed by atoms with Gasteiger partial charge in [0.15, 0.2) is 0 Å². The van der Waals surface area contributed by atoms with Crippen molar-refractivity contribution in [1.82, 2.24) is 14.9 Å². The second-order valence-corrected chi connectivity index (χ2v) is 4.85. The smallest absolute Gasteiger partial charge is 0.363 e. The van der Waals surface area contributed by atoms with Crippen LogP contribution < -0.4 is 10.6 Å². The van der Waals surface area contributed by atoms with Gasteiger partial charge in [0.1, 0.15) is 0 Å². The summed E-state index contributed by atoms with van der Waals surface area (Å²) in [6.45, 7) is 0.600. The van der Waals surface area contributed by atoms with Gasteiger partial charge in [-0.2, -0.15) is 0 Å². The third-order valence-corrected chi connectivity index (χ3v) is 3.24. The van der Waals surface area contributed by atoms with E-state index in [4.69, 9.17) is 11.6 Å². The Bertz CT molecular complexity index is 701. The van der Waals surface area contributed by atoms with Crippen LogP contribution in [0.4, 0.5) is 11.6 Å². The first kappa shape index (κ1) is 15.8. The molecule has 0 unspecified atom stereocenters. The molecule has 0 aliphatic carbocycles. The van der Waals surface area contributed by atoms with Crippen molar-refractivity contribution in [3.8, 4) is 0 Å². The minimum absolute atomic E-state index is 0.250. The van der Waals surface area contributed by atoms with E-state index in [0.717, 1.165) is 0 Å². The van der Waals surface area contributed by atoms with Crippen LogP contribution in [-0.2, 0) is 7.05 Å². The van der Waals surface area contributed by atoms with Gasteiger partial charge in [0.25, 0.3) is 5.91 Å². The van der Waals surface area contributed by atoms with E-state index in [1.807, 2.05) is 0 Å². The quantitative estimate of drug-likeness (QED) is 0.479. The molecule has 0 bridgehead atoms. The first-order valence-electron chi connectivity index (χ1n) is 6.43. The van der Waals surface area contributed by atoms with E-state index in [2.05, 4.69) is 15.6 Å². The normalized spacial score (nSPS) is 10.3. The minimum Gasteiger partial charge on any atom is -0.363 e. The van der Waals surface area contributed by atoms with E-state index in [1.54, 1.807) is 31.3 Å². The molecule has 0 aliphatic heterocycles. The Morgan fingerprint density at radius 1 is 1.41 bits per heavy atom. The number of hydrogen-bond acceptors (Lipinski definition) is 5. The van der Waals surface area contributed by atoms with Crippen LogP contribution in [0.2, 0.25) is 5.02 Å². The van der Waals surface area contributed by atoms with Gasteiger partial charge in [0, 0.05) is 20.1 Å². The van der Waals surface area contributed by atoms with Crippen LogP contribution in [0.1, 0.15) is 10.4 Å². The zero-order valence-electron chi connectivity index (χ0n) is 11.7. The molecule has 8 nitrogen and oxygen atoms in total. The number of anilines is 1. The number of aromatic nitrogens is 2. The Morgan fingerprint density at radius 3 is 2.82 bits per heavy atom. The molecule has 1 aromatic carbocycles. The molecule has 22 heavy (non-hydrogen) atoms. The highest BCUT2D eigenvalue weighted by molar-refractivity contribution is 6.33. The highest BCUT2D eigenvalue weighted by Gasteiger charge is 2.19. The number of halogens is 1. The highest BCUT2D eigenvalue weighted by Crippen LogP contribution is 2.20. The van der Waals surface area contributed by atoms with Crippen molar-refractivity contribution in [2.24, 2.45) is 7.05 Å². The first-order chi connectivity index (χ1) is 10.5. The van der Waals surface area contributed by atoms with Crippen LogP contribution in [0.15, 0.2) is 30.6 Å². The summed E-state index contributed by atoms with van der Waals surface area (Å²) in [5.41, 5.74) is 0.385. The zero-order valence-corrected chi connectivity index (χ0v) is 12.5. The summed E-state index contributed by atoms with van der Waals surface area (Å²) in [4.78, 5) is 25.8. The fourth-order valence-electron chi connectivity index (χ4n) is 1.85. The predicted octanol–water partition coefficient (Wildman–Crippen LogP) is 1.82. The number of benzene rings is 1. The molecule has 0 atom stereocenters. The van der Waals surface area contributed by atoms with Gasteiger partial charge in [-0.1, -0.05) is 23.7 Å². The third-order valence-electron chi connectivity index (χ3n) is 2.91. The van der Waals surface area contributed by atoms with Crippen molar-refractivity contribution in [2.45, 2.75) is 0 Å². The lowest BCUT2D eigenvalue weighted by Gasteiger charge is -2.08. The number of hydrogen-bond donors (Lipinski definition) is 2. The molecule has 2 N–H and O–H groups in total. The first-order valence-corrected chi connectivity index (χ1v) is 6.81. The fourth-order valence-corrected chi connectivity index (χ4v) is 2.07. The van der Waals surface area contributed by atoms with E-state index < -0.39 is 4.92 Å². The number of amides is 1. The molecule has 1 aromatic heterocycles.